The lowest BCUT2D eigenvalue weighted by atomic mass is 10.1. The van der Waals surface area contributed by atoms with E-state index in [0.717, 1.165) is 41.8 Å². The van der Waals surface area contributed by atoms with E-state index >= 15 is 0 Å². The summed E-state index contributed by atoms with van der Waals surface area (Å²) in [7, 11) is 0. The minimum Gasteiger partial charge on any atom is -0.479 e. The molecule has 0 radical (unpaired) electrons. The summed E-state index contributed by atoms with van der Waals surface area (Å²) in [4.78, 5) is 25.3. The fraction of sp³-hybridized carbons (Fsp3) is 0.421. The number of hydrogen-bond donors (Lipinski definition) is 1. The Bertz CT molecular complexity index is 907. The molecular formula is C19H20FN3O3. The SMILES string of the molecule is Cc1ccccc1-n1nc(C(=O)N2CCC(F)(C(=O)O)C2)c2c1CCC2. The van der Waals surface area contributed by atoms with Gasteiger partial charge in [-0.3, -0.25) is 4.79 Å². The van der Waals surface area contributed by atoms with E-state index in [1.807, 2.05) is 35.9 Å². The second-order valence-corrected chi connectivity index (χ2v) is 7.07. The van der Waals surface area contributed by atoms with Crippen molar-refractivity contribution in [3.63, 3.8) is 0 Å². The molecule has 7 heteroatoms. The fourth-order valence-electron chi connectivity index (χ4n) is 3.88. The summed E-state index contributed by atoms with van der Waals surface area (Å²) in [5.74, 6) is -1.89. The van der Waals surface area contributed by atoms with Crippen molar-refractivity contribution in [1.82, 2.24) is 14.7 Å². The molecule has 1 unspecified atom stereocenters. The maximum atomic E-state index is 14.3. The van der Waals surface area contributed by atoms with Crippen LogP contribution in [0.2, 0.25) is 0 Å². The Hall–Kier alpha value is -2.70. The van der Waals surface area contributed by atoms with Crippen LogP contribution in [0.3, 0.4) is 0 Å². The van der Waals surface area contributed by atoms with Crippen LogP contribution in [0.1, 0.15) is 40.2 Å². The quantitative estimate of drug-likeness (QED) is 0.915. The number of benzene rings is 1. The van der Waals surface area contributed by atoms with Gasteiger partial charge in [0, 0.05) is 24.2 Å². The summed E-state index contributed by atoms with van der Waals surface area (Å²) in [6.45, 7) is 1.66. The molecule has 2 aliphatic rings. The zero-order valence-electron chi connectivity index (χ0n) is 14.5. The smallest absolute Gasteiger partial charge is 0.343 e. The zero-order valence-corrected chi connectivity index (χ0v) is 14.5. The third-order valence-corrected chi connectivity index (χ3v) is 5.37. The van der Waals surface area contributed by atoms with Crippen LogP contribution in [-0.4, -0.2) is 50.4 Å². The number of carbonyl (C=O) groups excluding carboxylic acids is 1. The van der Waals surface area contributed by atoms with Gasteiger partial charge in [-0.25, -0.2) is 13.9 Å². The maximum absolute atomic E-state index is 14.3. The van der Waals surface area contributed by atoms with Crippen LogP contribution in [-0.2, 0) is 17.6 Å². The van der Waals surface area contributed by atoms with E-state index in [2.05, 4.69) is 5.10 Å². The van der Waals surface area contributed by atoms with Crippen molar-refractivity contribution in [1.29, 1.82) is 0 Å². The number of halogens is 1. The van der Waals surface area contributed by atoms with E-state index in [0.29, 0.717) is 5.69 Å². The van der Waals surface area contributed by atoms with Crippen LogP contribution in [0.4, 0.5) is 4.39 Å². The molecule has 4 rings (SSSR count). The molecule has 1 aliphatic carbocycles. The van der Waals surface area contributed by atoms with Crippen LogP contribution in [0.5, 0.6) is 0 Å². The van der Waals surface area contributed by atoms with Crippen LogP contribution in [0.15, 0.2) is 24.3 Å². The van der Waals surface area contributed by atoms with Gasteiger partial charge in [0.25, 0.3) is 5.91 Å². The van der Waals surface area contributed by atoms with Gasteiger partial charge in [0.15, 0.2) is 5.69 Å². The number of nitrogens with zero attached hydrogens (tertiary/aromatic N) is 3. The minimum absolute atomic E-state index is 0.0909. The van der Waals surface area contributed by atoms with Gasteiger partial charge in [0.2, 0.25) is 5.67 Å². The van der Waals surface area contributed by atoms with Crippen molar-refractivity contribution in [3.8, 4) is 5.69 Å². The monoisotopic (exact) mass is 357 g/mol. The number of fused-ring (bicyclic) bond motifs is 1. The number of aliphatic carboxylic acids is 1. The van der Waals surface area contributed by atoms with Crippen LogP contribution in [0.25, 0.3) is 5.69 Å². The molecular weight excluding hydrogens is 337 g/mol. The molecule has 2 heterocycles. The van der Waals surface area contributed by atoms with Crippen molar-refractivity contribution < 1.29 is 19.1 Å². The first-order valence-electron chi connectivity index (χ1n) is 8.79. The number of carbonyl (C=O) groups is 2. The Morgan fingerprint density at radius 2 is 2.04 bits per heavy atom. The number of carboxylic acids is 1. The summed E-state index contributed by atoms with van der Waals surface area (Å²) in [6.07, 6.45) is 2.36. The molecule has 1 N–H and O–H groups in total. The number of likely N-dealkylation sites (tertiary alicyclic amines) is 1. The summed E-state index contributed by atoms with van der Waals surface area (Å²) >= 11 is 0. The third kappa shape index (κ3) is 2.50. The lowest BCUT2D eigenvalue weighted by Crippen LogP contribution is -2.39. The van der Waals surface area contributed by atoms with E-state index in [1.54, 1.807) is 0 Å². The highest BCUT2D eigenvalue weighted by Gasteiger charge is 2.47. The largest absolute Gasteiger partial charge is 0.479 e. The first kappa shape index (κ1) is 16.8. The molecule has 2 aromatic rings. The van der Waals surface area contributed by atoms with Gasteiger partial charge in [-0.1, -0.05) is 18.2 Å². The van der Waals surface area contributed by atoms with Crippen molar-refractivity contribution >= 4 is 11.9 Å². The molecule has 1 aliphatic heterocycles. The predicted molar refractivity (Wildman–Crippen MR) is 92.3 cm³/mol. The van der Waals surface area contributed by atoms with Gasteiger partial charge in [-0.05, 0) is 37.8 Å². The van der Waals surface area contributed by atoms with E-state index in [4.69, 9.17) is 5.11 Å². The molecule has 0 saturated carbocycles. The van der Waals surface area contributed by atoms with Crippen molar-refractivity contribution in [3.05, 3.63) is 46.8 Å². The number of rotatable bonds is 3. The molecule has 1 aromatic heterocycles. The molecule has 136 valence electrons. The minimum atomic E-state index is -2.36. The Balaban J connectivity index is 1.71. The van der Waals surface area contributed by atoms with Crippen molar-refractivity contribution in [2.24, 2.45) is 0 Å². The Morgan fingerprint density at radius 1 is 1.27 bits per heavy atom. The Labute approximate surface area is 150 Å². The number of aryl methyl sites for hydroxylation is 1. The summed E-state index contributed by atoms with van der Waals surface area (Å²) in [6, 6.07) is 7.83. The summed E-state index contributed by atoms with van der Waals surface area (Å²) in [5, 5.41) is 13.6. The Morgan fingerprint density at radius 3 is 2.73 bits per heavy atom. The van der Waals surface area contributed by atoms with Crippen LogP contribution in [0, 0.1) is 6.92 Å². The van der Waals surface area contributed by atoms with Gasteiger partial charge in [-0.15, -0.1) is 0 Å². The number of carboxylic acid groups (broad SMARTS) is 1. The second kappa shape index (κ2) is 5.93. The van der Waals surface area contributed by atoms with E-state index < -0.39 is 18.2 Å². The number of aromatic nitrogens is 2. The maximum Gasteiger partial charge on any atom is 0.343 e. The molecule has 0 bridgehead atoms. The van der Waals surface area contributed by atoms with Crippen LogP contribution >= 0.6 is 0 Å². The summed E-state index contributed by atoms with van der Waals surface area (Å²) < 4.78 is 16.2. The summed E-state index contributed by atoms with van der Waals surface area (Å²) in [5.41, 5.74) is 1.87. The van der Waals surface area contributed by atoms with E-state index in [1.165, 1.54) is 4.90 Å². The second-order valence-electron chi connectivity index (χ2n) is 7.07. The first-order chi connectivity index (χ1) is 12.4. The lowest BCUT2D eigenvalue weighted by molar-refractivity contribution is -0.149. The zero-order chi connectivity index (χ0) is 18.5. The first-order valence-corrected chi connectivity index (χ1v) is 8.79. The van der Waals surface area contributed by atoms with Gasteiger partial charge in [0.1, 0.15) is 0 Å². The standard InChI is InChI=1S/C19H20FN3O3/c1-12-5-2-3-7-14(12)23-15-8-4-6-13(15)16(21-23)17(24)22-10-9-19(20,11-22)18(25)26/h2-3,5,7H,4,6,8-11H2,1H3,(H,25,26). The predicted octanol–water partition coefficient (Wildman–Crippen LogP) is 2.31. The normalized spacial score (nSPS) is 21.8. The highest BCUT2D eigenvalue weighted by atomic mass is 19.1. The average Bonchev–Trinajstić information content (AvgIpc) is 3.30. The number of para-hydroxylation sites is 1. The van der Waals surface area contributed by atoms with Gasteiger partial charge in [-0.2, -0.15) is 5.10 Å². The van der Waals surface area contributed by atoms with Gasteiger partial charge < -0.3 is 10.0 Å². The average molecular weight is 357 g/mol. The molecule has 1 saturated heterocycles. The molecule has 1 fully saturated rings. The van der Waals surface area contributed by atoms with Crippen molar-refractivity contribution in [2.45, 2.75) is 38.3 Å². The lowest BCUT2D eigenvalue weighted by Gasteiger charge is -2.17. The molecule has 1 aromatic carbocycles. The Kier molecular flexibility index (Phi) is 3.82. The third-order valence-electron chi connectivity index (χ3n) is 5.37. The molecule has 0 spiro atoms. The highest BCUT2D eigenvalue weighted by molar-refractivity contribution is 5.95. The molecule has 26 heavy (non-hydrogen) atoms. The van der Waals surface area contributed by atoms with Crippen molar-refractivity contribution in [2.75, 3.05) is 13.1 Å². The van der Waals surface area contributed by atoms with Crippen LogP contribution < -0.4 is 0 Å². The number of amides is 1. The molecule has 1 amide bonds. The topological polar surface area (TPSA) is 75.4 Å². The van der Waals surface area contributed by atoms with E-state index in [9.17, 15) is 14.0 Å². The van der Waals surface area contributed by atoms with E-state index in [-0.39, 0.29) is 18.9 Å². The molecule has 6 nitrogen and oxygen atoms in total. The van der Waals surface area contributed by atoms with Gasteiger partial charge in [0.05, 0.1) is 12.2 Å². The fourth-order valence-corrected chi connectivity index (χ4v) is 3.88. The van der Waals surface area contributed by atoms with Gasteiger partial charge >= 0.3 is 5.97 Å². The number of alkyl halides is 1. The highest BCUT2D eigenvalue weighted by Crippen LogP contribution is 2.32. The number of hydrogen-bond acceptors (Lipinski definition) is 3. The molecule has 1 atom stereocenters.